The van der Waals surface area contributed by atoms with Gasteiger partial charge >= 0.3 is 0 Å². The van der Waals surface area contributed by atoms with Crippen molar-refractivity contribution < 1.29 is 4.74 Å². The Bertz CT molecular complexity index is 264. The topological polar surface area (TPSA) is 9.23 Å². The number of benzene rings is 1. The molecular formula is C10H12OS. The summed E-state index contributed by atoms with van der Waals surface area (Å²) >= 11 is 1.73. The average Bonchev–Trinajstić information content (AvgIpc) is 2.17. The predicted octanol–water partition coefficient (Wildman–Crippen LogP) is 3.03. The SMILES string of the molecule is C=C(OC)c1ccc(SC)cc1. The molecule has 64 valence electrons. The van der Waals surface area contributed by atoms with Gasteiger partial charge in [0.05, 0.1) is 7.11 Å². The van der Waals surface area contributed by atoms with E-state index in [1.54, 1.807) is 18.9 Å². The van der Waals surface area contributed by atoms with Gasteiger partial charge in [-0.3, -0.25) is 0 Å². The number of rotatable bonds is 3. The first-order chi connectivity index (χ1) is 5.77. The molecule has 0 N–H and O–H groups in total. The maximum absolute atomic E-state index is 5.01. The zero-order valence-electron chi connectivity index (χ0n) is 7.33. The molecule has 1 aromatic rings. The highest BCUT2D eigenvalue weighted by Gasteiger charge is 1.96. The fourth-order valence-corrected chi connectivity index (χ4v) is 1.30. The summed E-state index contributed by atoms with van der Waals surface area (Å²) in [6.45, 7) is 3.77. The van der Waals surface area contributed by atoms with E-state index in [0.717, 1.165) is 5.56 Å². The highest BCUT2D eigenvalue weighted by atomic mass is 32.2. The molecular weight excluding hydrogens is 168 g/mol. The Morgan fingerprint density at radius 2 is 1.92 bits per heavy atom. The highest BCUT2D eigenvalue weighted by molar-refractivity contribution is 7.98. The van der Waals surface area contributed by atoms with Crippen molar-refractivity contribution >= 4 is 17.5 Å². The third-order valence-corrected chi connectivity index (χ3v) is 2.40. The van der Waals surface area contributed by atoms with Crippen LogP contribution in [0.3, 0.4) is 0 Å². The Hall–Kier alpha value is -0.890. The van der Waals surface area contributed by atoms with Gasteiger partial charge in [-0.05, 0) is 18.4 Å². The van der Waals surface area contributed by atoms with Gasteiger partial charge in [0.1, 0.15) is 5.76 Å². The van der Waals surface area contributed by atoms with Crippen LogP contribution in [0.15, 0.2) is 35.7 Å². The van der Waals surface area contributed by atoms with Crippen LogP contribution in [0.25, 0.3) is 5.76 Å². The zero-order chi connectivity index (χ0) is 8.97. The van der Waals surface area contributed by atoms with Gasteiger partial charge < -0.3 is 4.74 Å². The Morgan fingerprint density at radius 3 is 2.33 bits per heavy atom. The first kappa shape index (κ1) is 9.20. The van der Waals surface area contributed by atoms with Crippen LogP contribution in [0.1, 0.15) is 5.56 Å². The van der Waals surface area contributed by atoms with E-state index in [4.69, 9.17) is 4.74 Å². The standard InChI is InChI=1S/C10H12OS/c1-8(11-2)9-4-6-10(12-3)7-5-9/h4-7H,1H2,2-3H3. The molecule has 0 spiro atoms. The third-order valence-electron chi connectivity index (χ3n) is 1.66. The summed E-state index contributed by atoms with van der Waals surface area (Å²) in [5.74, 6) is 0.711. The lowest BCUT2D eigenvalue weighted by atomic mass is 10.2. The number of ether oxygens (including phenoxy) is 1. The van der Waals surface area contributed by atoms with Gasteiger partial charge in [0, 0.05) is 10.5 Å². The molecule has 0 heterocycles. The van der Waals surface area contributed by atoms with Crippen LogP contribution >= 0.6 is 11.8 Å². The summed E-state index contributed by atoms with van der Waals surface area (Å²) in [4.78, 5) is 1.25. The molecule has 0 aliphatic heterocycles. The largest absolute Gasteiger partial charge is 0.497 e. The first-order valence-electron chi connectivity index (χ1n) is 3.65. The normalized spacial score (nSPS) is 9.50. The molecule has 0 aliphatic rings. The van der Waals surface area contributed by atoms with Crippen LogP contribution in [-0.2, 0) is 4.74 Å². The molecule has 0 fully saturated rings. The van der Waals surface area contributed by atoms with E-state index >= 15 is 0 Å². The van der Waals surface area contributed by atoms with Crippen molar-refractivity contribution in [1.82, 2.24) is 0 Å². The van der Waals surface area contributed by atoms with Crippen LogP contribution in [-0.4, -0.2) is 13.4 Å². The quantitative estimate of drug-likeness (QED) is 0.522. The molecule has 0 atom stereocenters. The highest BCUT2D eigenvalue weighted by Crippen LogP contribution is 2.18. The molecule has 0 unspecified atom stereocenters. The maximum Gasteiger partial charge on any atom is 0.118 e. The smallest absolute Gasteiger partial charge is 0.118 e. The van der Waals surface area contributed by atoms with E-state index in [-0.39, 0.29) is 0 Å². The number of thioether (sulfide) groups is 1. The molecule has 0 aliphatic carbocycles. The van der Waals surface area contributed by atoms with E-state index in [1.807, 2.05) is 12.1 Å². The second-order valence-electron chi connectivity index (χ2n) is 2.36. The molecule has 0 saturated carbocycles. The van der Waals surface area contributed by atoms with Gasteiger partial charge in [-0.2, -0.15) is 0 Å². The van der Waals surface area contributed by atoms with Crippen molar-refractivity contribution in [2.24, 2.45) is 0 Å². The molecule has 0 radical (unpaired) electrons. The second-order valence-corrected chi connectivity index (χ2v) is 3.24. The molecule has 12 heavy (non-hydrogen) atoms. The summed E-state index contributed by atoms with van der Waals surface area (Å²) < 4.78 is 5.01. The molecule has 0 bridgehead atoms. The lowest BCUT2D eigenvalue weighted by Gasteiger charge is -2.04. The lowest BCUT2D eigenvalue weighted by molar-refractivity contribution is 0.371. The van der Waals surface area contributed by atoms with Gasteiger partial charge in [0.25, 0.3) is 0 Å². The second kappa shape index (κ2) is 4.21. The minimum absolute atomic E-state index is 0.711. The summed E-state index contributed by atoms with van der Waals surface area (Å²) in [6, 6.07) is 8.14. The van der Waals surface area contributed by atoms with Gasteiger partial charge in [-0.1, -0.05) is 18.7 Å². The summed E-state index contributed by atoms with van der Waals surface area (Å²) in [6.07, 6.45) is 2.06. The zero-order valence-corrected chi connectivity index (χ0v) is 8.15. The van der Waals surface area contributed by atoms with Crippen molar-refractivity contribution in [2.75, 3.05) is 13.4 Å². The van der Waals surface area contributed by atoms with Crippen LogP contribution in [0, 0.1) is 0 Å². The minimum Gasteiger partial charge on any atom is -0.497 e. The summed E-state index contributed by atoms with van der Waals surface area (Å²) in [7, 11) is 1.63. The molecule has 0 aromatic heterocycles. The number of methoxy groups -OCH3 is 1. The fourth-order valence-electron chi connectivity index (χ4n) is 0.895. The Morgan fingerprint density at radius 1 is 1.33 bits per heavy atom. The summed E-state index contributed by atoms with van der Waals surface area (Å²) in [5, 5.41) is 0. The van der Waals surface area contributed by atoms with Gasteiger partial charge in [0.2, 0.25) is 0 Å². The average molecular weight is 180 g/mol. The van der Waals surface area contributed by atoms with Crippen LogP contribution in [0.4, 0.5) is 0 Å². The van der Waals surface area contributed by atoms with Crippen molar-refractivity contribution in [3.05, 3.63) is 36.4 Å². The molecule has 1 aromatic carbocycles. The molecule has 2 heteroatoms. The van der Waals surface area contributed by atoms with Gasteiger partial charge in [-0.25, -0.2) is 0 Å². The Labute approximate surface area is 77.4 Å². The van der Waals surface area contributed by atoms with Crippen LogP contribution < -0.4 is 0 Å². The number of hydrogen-bond acceptors (Lipinski definition) is 2. The van der Waals surface area contributed by atoms with Crippen molar-refractivity contribution in [1.29, 1.82) is 0 Å². The lowest BCUT2D eigenvalue weighted by Crippen LogP contribution is -1.84. The van der Waals surface area contributed by atoms with Crippen LogP contribution in [0.2, 0.25) is 0 Å². The predicted molar refractivity (Wildman–Crippen MR) is 54.3 cm³/mol. The summed E-state index contributed by atoms with van der Waals surface area (Å²) in [5.41, 5.74) is 1.04. The van der Waals surface area contributed by atoms with Crippen molar-refractivity contribution in [3.63, 3.8) is 0 Å². The van der Waals surface area contributed by atoms with Gasteiger partial charge in [-0.15, -0.1) is 11.8 Å². The number of hydrogen-bond donors (Lipinski definition) is 0. The fraction of sp³-hybridized carbons (Fsp3) is 0.200. The minimum atomic E-state index is 0.711. The first-order valence-corrected chi connectivity index (χ1v) is 4.87. The molecule has 0 saturated heterocycles. The van der Waals surface area contributed by atoms with E-state index in [0.29, 0.717) is 5.76 Å². The van der Waals surface area contributed by atoms with Crippen molar-refractivity contribution in [2.45, 2.75) is 4.90 Å². The van der Waals surface area contributed by atoms with E-state index < -0.39 is 0 Å². The van der Waals surface area contributed by atoms with Crippen molar-refractivity contribution in [3.8, 4) is 0 Å². The maximum atomic E-state index is 5.01. The third kappa shape index (κ3) is 2.05. The van der Waals surface area contributed by atoms with Crippen LogP contribution in [0.5, 0.6) is 0 Å². The molecule has 1 rings (SSSR count). The molecule has 1 nitrogen and oxygen atoms in total. The van der Waals surface area contributed by atoms with E-state index in [2.05, 4.69) is 25.0 Å². The molecule has 0 amide bonds. The Kier molecular flexibility index (Phi) is 3.23. The van der Waals surface area contributed by atoms with Gasteiger partial charge in [0.15, 0.2) is 0 Å². The Balaban J connectivity index is 2.84. The van der Waals surface area contributed by atoms with E-state index in [1.165, 1.54) is 4.90 Å². The monoisotopic (exact) mass is 180 g/mol. The van der Waals surface area contributed by atoms with E-state index in [9.17, 15) is 0 Å².